The van der Waals surface area contributed by atoms with E-state index in [0.717, 1.165) is 68.7 Å². The van der Waals surface area contributed by atoms with Crippen molar-refractivity contribution in [1.29, 1.82) is 0 Å². The summed E-state index contributed by atoms with van der Waals surface area (Å²) >= 11 is 0. The maximum absolute atomic E-state index is 12.7. The van der Waals surface area contributed by atoms with Gasteiger partial charge in [0, 0.05) is 50.7 Å². The van der Waals surface area contributed by atoms with Gasteiger partial charge in [-0.2, -0.15) is 0 Å². The SMILES string of the molecule is CC(=O)N1CCCC[C@@H]1c1ncc2c(n1)CCN(C(=O)C1CCCC1)C2. The highest BCUT2D eigenvalue weighted by atomic mass is 16.2. The molecule has 0 N–H and O–H groups in total. The van der Waals surface area contributed by atoms with E-state index in [1.807, 2.05) is 16.0 Å². The Morgan fingerprint density at radius 1 is 1.08 bits per heavy atom. The normalized spacial score (nSPS) is 23.8. The van der Waals surface area contributed by atoms with E-state index in [-0.39, 0.29) is 17.9 Å². The topological polar surface area (TPSA) is 66.4 Å². The summed E-state index contributed by atoms with van der Waals surface area (Å²) in [4.78, 5) is 37.9. The molecule has 26 heavy (non-hydrogen) atoms. The van der Waals surface area contributed by atoms with Gasteiger partial charge in [0.1, 0.15) is 0 Å². The Kier molecular flexibility index (Phi) is 4.92. The minimum absolute atomic E-state index is 0.00435. The molecule has 3 aliphatic rings. The first kappa shape index (κ1) is 17.4. The number of carbonyl (C=O) groups excluding carboxylic acids is 2. The van der Waals surface area contributed by atoms with E-state index in [4.69, 9.17) is 4.98 Å². The molecule has 1 aromatic heterocycles. The van der Waals surface area contributed by atoms with Gasteiger partial charge in [0.15, 0.2) is 5.82 Å². The Bertz CT molecular complexity index is 699. The maximum atomic E-state index is 12.7. The van der Waals surface area contributed by atoms with Gasteiger partial charge in [-0.05, 0) is 32.1 Å². The van der Waals surface area contributed by atoms with Crippen LogP contribution in [0.5, 0.6) is 0 Å². The van der Waals surface area contributed by atoms with Gasteiger partial charge in [-0.25, -0.2) is 9.97 Å². The third-order valence-electron chi connectivity index (χ3n) is 6.17. The highest BCUT2D eigenvalue weighted by Crippen LogP contribution is 2.31. The fourth-order valence-corrected chi connectivity index (χ4v) is 4.69. The van der Waals surface area contributed by atoms with E-state index < -0.39 is 0 Å². The summed E-state index contributed by atoms with van der Waals surface area (Å²) in [6.45, 7) is 3.80. The zero-order valence-electron chi connectivity index (χ0n) is 15.6. The lowest BCUT2D eigenvalue weighted by molar-refractivity contribution is -0.136. The summed E-state index contributed by atoms with van der Waals surface area (Å²) in [7, 11) is 0. The quantitative estimate of drug-likeness (QED) is 0.817. The van der Waals surface area contributed by atoms with E-state index in [1.54, 1.807) is 6.92 Å². The fourth-order valence-electron chi connectivity index (χ4n) is 4.69. The van der Waals surface area contributed by atoms with E-state index >= 15 is 0 Å². The number of piperidine rings is 1. The molecule has 6 nitrogen and oxygen atoms in total. The number of hydrogen-bond donors (Lipinski definition) is 0. The van der Waals surface area contributed by atoms with Gasteiger partial charge in [-0.15, -0.1) is 0 Å². The van der Waals surface area contributed by atoms with Crippen LogP contribution in [0.15, 0.2) is 6.20 Å². The van der Waals surface area contributed by atoms with Crippen molar-refractivity contribution >= 4 is 11.8 Å². The number of amides is 2. The second kappa shape index (κ2) is 7.33. The van der Waals surface area contributed by atoms with Gasteiger partial charge in [-0.1, -0.05) is 12.8 Å². The van der Waals surface area contributed by atoms with Crippen molar-refractivity contribution < 1.29 is 9.59 Å². The predicted octanol–water partition coefficient (Wildman–Crippen LogP) is 2.63. The molecule has 1 aliphatic carbocycles. The summed E-state index contributed by atoms with van der Waals surface area (Å²) in [6.07, 6.45) is 10.2. The molecular formula is C20H28N4O2. The third-order valence-corrected chi connectivity index (χ3v) is 6.17. The van der Waals surface area contributed by atoms with Crippen LogP contribution in [0.4, 0.5) is 0 Å². The molecular weight excluding hydrogens is 328 g/mol. The Morgan fingerprint density at radius 2 is 1.85 bits per heavy atom. The Balaban J connectivity index is 1.50. The molecule has 1 saturated carbocycles. The standard InChI is InChI=1S/C20H28N4O2/c1-14(25)24-10-5-4-8-18(24)19-21-12-16-13-23(11-9-17(16)22-19)20(26)15-6-2-3-7-15/h12,15,18H,2-11,13H2,1H3/t18-/m1/s1. The Labute approximate surface area is 155 Å². The number of rotatable bonds is 2. The van der Waals surface area contributed by atoms with Crippen LogP contribution in [0, 0.1) is 5.92 Å². The van der Waals surface area contributed by atoms with Crippen molar-refractivity contribution in [3.8, 4) is 0 Å². The molecule has 1 saturated heterocycles. The van der Waals surface area contributed by atoms with E-state index in [1.165, 1.54) is 12.8 Å². The number of likely N-dealkylation sites (tertiary alicyclic amines) is 1. The van der Waals surface area contributed by atoms with Crippen molar-refractivity contribution in [2.45, 2.75) is 70.9 Å². The summed E-state index contributed by atoms with van der Waals surface area (Å²) in [5.74, 6) is 1.41. The second-order valence-corrected chi connectivity index (χ2v) is 7.92. The molecule has 0 unspecified atom stereocenters. The molecule has 1 aromatic rings. The van der Waals surface area contributed by atoms with Crippen LogP contribution >= 0.6 is 0 Å². The zero-order chi connectivity index (χ0) is 18.1. The van der Waals surface area contributed by atoms with Gasteiger partial charge in [-0.3, -0.25) is 9.59 Å². The molecule has 2 fully saturated rings. The maximum Gasteiger partial charge on any atom is 0.225 e. The van der Waals surface area contributed by atoms with Crippen LogP contribution in [-0.2, 0) is 22.6 Å². The highest BCUT2D eigenvalue weighted by molar-refractivity contribution is 5.79. The minimum Gasteiger partial charge on any atom is -0.338 e. The average molecular weight is 356 g/mol. The van der Waals surface area contributed by atoms with Crippen molar-refractivity contribution in [2.24, 2.45) is 5.92 Å². The van der Waals surface area contributed by atoms with Crippen LogP contribution in [0.25, 0.3) is 0 Å². The van der Waals surface area contributed by atoms with Gasteiger partial charge in [0.05, 0.1) is 11.7 Å². The number of aromatic nitrogens is 2. The van der Waals surface area contributed by atoms with Crippen LogP contribution in [0.3, 0.4) is 0 Å². The van der Waals surface area contributed by atoms with Crippen molar-refractivity contribution in [1.82, 2.24) is 19.8 Å². The summed E-state index contributed by atoms with van der Waals surface area (Å²) < 4.78 is 0. The lowest BCUT2D eigenvalue weighted by Crippen LogP contribution is -2.40. The van der Waals surface area contributed by atoms with Gasteiger partial charge >= 0.3 is 0 Å². The van der Waals surface area contributed by atoms with E-state index in [9.17, 15) is 9.59 Å². The number of nitrogens with zero attached hydrogens (tertiary/aromatic N) is 4. The molecule has 0 radical (unpaired) electrons. The van der Waals surface area contributed by atoms with Crippen LogP contribution in [0.2, 0.25) is 0 Å². The van der Waals surface area contributed by atoms with Crippen molar-refractivity contribution in [3.63, 3.8) is 0 Å². The Morgan fingerprint density at radius 3 is 2.62 bits per heavy atom. The van der Waals surface area contributed by atoms with Gasteiger partial charge < -0.3 is 9.80 Å². The lowest BCUT2D eigenvalue weighted by atomic mass is 9.99. The van der Waals surface area contributed by atoms with Gasteiger partial charge in [0.25, 0.3) is 0 Å². The average Bonchev–Trinajstić information content (AvgIpc) is 3.21. The summed E-state index contributed by atoms with van der Waals surface area (Å²) in [5.41, 5.74) is 2.12. The molecule has 2 aliphatic heterocycles. The van der Waals surface area contributed by atoms with Crippen molar-refractivity contribution in [3.05, 3.63) is 23.3 Å². The number of fused-ring (bicyclic) bond motifs is 1. The van der Waals surface area contributed by atoms with Gasteiger partial charge in [0.2, 0.25) is 11.8 Å². The molecule has 1 atom stereocenters. The monoisotopic (exact) mass is 356 g/mol. The van der Waals surface area contributed by atoms with E-state index in [0.29, 0.717) is 12.5 Å². The van der Waals surface area contributed by atoms with Crippen LogP contribution in [0.1, 0.15) is 75.0 Å². The largest absolute Gasteiger partial charge is 0.338 e. The zero-order valence-corrected chi connectivity index (χ0v) is 15.6. The highest BCUT2D eigenvalue weighted by Gasteiger charge is 2.32. The number of hydrogen-bond acceptors (Lipinski definition) is 4. The molecule has 140 valence electrons. The minimum atomic E-state index is 0.00435. The van der Waals surface area contributed by atoms with Crippen LogP contribution in [-0.4, -0.2) is 44.7 Å². The lowest BCUT2D eigenvalue weighted by Gasteiger charge is -2.35. The first-order chi connectivity index (χ1) is 12.6. The molecule has 3 heterocycles. The smallest absolute Gasteiger partial charge is 0.225 e. The molecule has 0 bridgehead atoms. The van der Waals surface area contributed by atoms with E-state index in [2.05, 4.69) is 4.98 Å². The first-order valence-electron chi connectivity index (χ1n) is 10.0. The fraction of sp³-hybridized carbons (Fsp3) is 0.700. The molecule has 2 amide bonds. The Hall–Kier alpha value is -1.98. The third kappa shape index (κ3) is 3.33. The van der Waals surface area contributed by atoms with Crippen LogP contribution < -0.4 is 0 Å². The molecule has 6 heteroatoms. The molecule has 0 aromatic carbocycles. The summed E-state index contributed by atoms with van der Waals surface area (Å²) in [6, 6.07) is 0.00435. The first-order valence-corrected chi connectivity index (χ1v) is 10.0. The second-order valence-electron chi connectivity index (χ2n) is 7.92. The molecule has 4 rings (SSSR count). The predicted molar refractivity (Wildman–Crippen MR) is 97.1 cm³/mol. The van der Waals surface area contributed by atoms with Crippen molar-refractivity contribution in [2.75, 3.05) is 13.1 Å². The number of carbonyl (C=O) groups is 2. The molecule has 0 spiro atoms. The summed E-state index contributed by atoms with van der Waals surface area (Å²) in [5, 5.41) is 0.